The lowest BCUT2D eigenvalue weighted by molar-refractivity contribution is -0.132. The van der Waals surface area contributed by atoms with Crippen LogP contribution >= 0.6 is 0 Å². The van der Waals surface area contributed by atoms with Gasteiger partial charge in [0.25, 0.3) is 0 Å². The van der Waals surface area contributed by atoms with Gasteiger partial charge in [0.15, 0.2) is 11.5 Å². The number of ether oxygens (including phenoxy) is 3. The quantitative estimate of drug-likeness (QED) is 0.843. The van der Waals surface area contributed by atoms with Crippen molar-refractivity contribution in [3.05, 3.63) is 35.8 Å². The molecule has 126 valence electrons. The van der Waals surface area contributed by atoms with E-state index in [1.165, 1.54) is 33.7 Å². The zero-order chi connectivity index (χ0) is 17.3. The lowest BCUT2D eigenvalue weighted by atomic mass is 10.0. The number of nitrogens with zero attached hydrogens (tertiary/aromatic N) is 3. The number of aliphatic carboxylic acids is 1. The number of anilines is 1. The fourth-order valence-corrected chi connectivity index (χ4v) is 2.56. The van der Waals surface area contributed by atoms with E-state index < -0.39 is 12.0 Å². The van der Waals surface area contributed by atoms with Gasteiger partial charge in [-0.2, -0.15) is 10.1 Å². The van der Waals surface area contributed by atoms with Gasteiger partial charge in [-0.25, -0.2) is 9.48 Å². The van der Waals surface area contributed by atoms with Crippen LogP contribution in [0.5, 0.6) is 17.2 Å². The first-order chi connectivity index (χ1) is 11.6. The van der Waals surface area contributed by atoms with Gasteiger partial charge in [0, 0.05) is 11.6 Å². The van der Waals surface area contributed by atoms with E-state index in [1.807, 2.05) is 0 Å². The Kier molecular flexibility index (Phi) is 3.98. The van der Waals surface area contributed by atoms with Crippen LogP contribution in [0.2, 0.25) is 0 Å². The monoisotopic (exact) mass is 332 g/mol. The van der Waals surface area contributed by atoms with Crippen molar-refractivity contribution in [1.29, 1.82) is 0 Å². The number of aromatic nitrogens is 3. The average Bonchev–Trinajstić information content (AvgIpc) is 3.08. The number of benzene rings is 1. The molecule has 0 aliphatic carbocycles. The molecule has 0 fully saturated rings. The average molecular weight is 332 g/mol. The molecule has 0 saturated heterocycles. The summed E-state index contributed by atoms with van der Waals surface area (Å²) in [5.41, 5.74) is 0.680. The maximum absolute atomic E-state index is 11.4. The molecule has 0 radical (unpaired) electrons. The van der Waals surface area contributed by atoms with E-state index in [-0.39, 0.29) is 5.70 Å². The summed E-state index contributed by atoms with van der Waals surface area (Å²) in [7, 11) is 4.57. The lowest BCUT2D eigenvalue weighted by Crippen LogP contribution is -2.24. The Labute approximate surface area is 137 Å². The smallest absolute Gasteiger partial charge is 0.352 e. The van der Waals surface area contributed by atoms with Crippen LogP contribution < -0.4 is 19.5 Å². The molecule has 9 heteroatoms. The molecule has 9 nitrogen and oxygen atoms in total. The molecule has 2 aromatic rings. The molecule has 2 N–H and O–H groups in total. The fraction of sp³-hybridized carbons (Fsp3) is 0.267. The molecule has 3 rings (SSSR count). The summed E-state index contributed by atoms with van der Waals surface area (Å²) in [6.45, 7) is 0. The van der Waals surface area contributed by atoms with Gasteiger partial charge in [-0.15, -0.1) is 0 Å². The number of carboxylic acid groups (broad SMARTS) is 1. The summed E-state index contributed by atoms with van der Waals surface area (Å²) >= 11 is 0. The summed E-state index contributed by atoms with van der Waals surface area (Å²) in [6, 6.07) is 2.89. The van der Waals surface area contributed by atoms with Crippen LogP contribution in [0.25, 0.3) is 0 Å². The standard InChI is InChI=1S/C15H16N4O5/c1-22-11-6-13(24-3)12(23-2)4-8(11)10-5-9(14(20)21)18-15-16-7-17-19(10)15/h4-7,10H,1-3H3,(H,20,21)(H,16,17,18)/t10-/m0/s1. The van der Waals surface area contributed by atoms with E-state index in [4.69, 9.17) is 14.2 Å². The van der Waals surface area contributed by atoms with Gasteiger partial charge in [0.1, 0.15) is 23.8 Å². The maximum atomic E-state index is 11.4. The van der Waals surface area contributed by atoms with Crippen LogP contribution in [-0.2, 0) is 4.79 Å². The summed E-state index contributed by atoms with van der Waals surface area (Å²) in [5.74, 6) is 0.763. The van der Waals surface area contributed by atoms with Crippen molar-refractivity contribution in [3.8, 4) is 17.2 Å². The molecule has 1 atom stereocenters. The van der Waals surface area contributed by atoms with Crippen LogP contribution in [0, 0.1) is 0 Å². The largest absolute Gasteiger partial charge is 0.496 e. The fourth-order valence-electron chi connectivity index (χ4n) is 2.56. The molecule has 1 aromatic carbocycles. The number of methoxy groups -OCH3 is 3. The van der Waals surface area contributed by atoms with Crippen LogP contribution in [0.15, 0.2) is 30.2 Å². The van der Waals surface area contributed by atoms with Crippen molar-refractivity contribution in [1.82, 2.24) is 14.8 Å². The van der Waals surface area contributed by atoms with E-state index in [2.05, 4.69) is 15.4 Å². The molecule has 0 amide bonds. The summed E-state index contributed by atoms with van der Waals surface area (Å²) in [4.78, 5) is 15.4. The number of hydrogen-bond donors (Lipinski definition) is 2. The van der Waals surface area contributed by atoms with Gasteiger partial charge in [-0.05, 0) is 12.1 Å². The van der Waals surface area contributed by atoms with Crippen molar-refractivity contribution in [2.75, 3.05) is 26.6 Å². The van der Waals surface area contributed by atoms with Gasteiger partial charge in [-0.3, -0.25) is 0 Å². The lowest BCUT2D eigenvalue weighted by Gasteiger charge is -2.24. The van der Waals surface area contributed by atoms with Crippen LogP contribution in [0.3, 0.4) is 0 Å². The van der Waals surface area contributed by atoms with Crippen LogP contribution in [0.1, 0.15) is 11.6 Å². The third-order valence-corrected chi connectivity index (χ3v) is 3.69. The van der Waals surface area contributed by atoms with E-state index >= 15 is 0 Å². The second kappa shape index (κ2) is 6.11. The second-order valence-electron chi connectivity index (χ2n) is 4.93. The predicted molar refractivity (Wildman–Crippen MR) is 83.6 cm³/mol. The Hall–Kier alpha value is -3.23. The number of hydrogen-bond acceptors (Lipinski definition) is 7. The van der Waals surface area contributed by atoms with Gasteiger partial charge >= 0.3 is 5.97 Å². The summed E-state index contributed by atoms with van der Waals surface area (Å²) in [6.07, 6.45) is 2.88. The molecule has 2 heterocycles. The first-order valence-electron chi connectivity index (χ1n) is 7.00. The normalized spacial score (nSPS) is 15.8. The third-order valence-electron chi connectivity index (χ3n) is 3.69. The second-order valence-corrected chi connectivity index (χ2v) is 4.93. The number of allylic oxidation sites excluding steroid dienone is 1. The number of carboxylic acids is 1. The predicted octanol–water partition coefficient (Wildman–Crippen LogP) is 1.29. The summed E-state index contributed by atoms with van der Waals surface area (Å²) < 4.78 is 17.6. The first-order valence-corrected chi connectivity index (χ1v) is 7.00. The molecule has 1 aromatic heterocycles. The van der Waals surface area contributed by atoms with Gasteiger partial charge in [0.2, 0.25) is 5.95 Å². The van der Waals surface area contributed by atoms with Crippen molar-refractivity contribution >= 4 is 11.9 Å². The summed E-state index contributed by atoms with van der Waals surface area (Å²) in [5, 5.41) is 16.2. The highest BCUT2D eigenvalue weighted by atomic mass is 16.5. The van der Waals surface area contributed by atoms with Crippen molar-refractivity contribution in [3.63, 3.8) is 0 Å². The Morgan fingerprint density at radius 3 is 2.46 bits per heavy atom. The van der Waals surface area contributed by atoms with Crippen molar-refractivity contribution in [2.45, 2.75) is 6.04 Å². The minimum atomic E-state index is -1.09. The molecule has 0 saturated carbocycles. The number of rotatable bonds is 5. The van der Waals surface area contributed by atoms with Crippen molar-refractivity contribution in [2.24, 2.45) is 0 Å². The molecule has 0 spiro atoms. The van der Waals surface area contributed by atoms with E-state index in [9.17, 15) is 9.90 Å². The van der Waals surface area contributed by atoms with Crippen molar-refractivity contribution < 1.29 is 24.1 Å². The molecular weight excluding hydrogens is 316 g/mol. The number of carbonyl (C=O) groups is 1. The highest BCUT2D eigenvalue weighted by molar-refractivity contribution is 5.90. The Balaban J connectivity index is 2.19. The van der Waals surface area contributed by atoms with Crippen LogP contribution in [-0.4, -0.2) is 47.2 Å². The Morgan fingerprint density at radius 1 is 1.17 bits per heavy atom. The van der Waals surface area contributed by atoms with E-state index in [1.54, 1.807) is 16.8 Å². The first kappa shape index (κ1) is 15.7. The Bertz CT molecular complexity index is 814. The molecule has 1 aliphatic heterocycles. The van der Waals surface area contributed by atoms with E-state index in [0.29, 0.717) is 28.8 Å². The topological polar surface area (TPSA) is 108 Å². The Morgan fingerprint density at radius 2 is 1.83 bits per heavy atom. The van der Waals surface area contributed by atoms with Crippen LogP contribution in [0.4, 0.5) is 5.95 Å². The molecule has 0 bridgehead atoms. The zero-order valence-electron chi connectivity index (χ0n) is 13.3. The molecular formula is C15H16N4O5. The molecule has 0 unspecified atom stereocenters. The molecule has 24 heavy (non-hydrogen) atoms. The minimum absolute atomic E-state index is 0.0114. The van der Waals surface area contributed by atoms with Gasteiger partial charge in [0.05, 0.1) is 21.3 Å². The molecule has 1 aliphatic rings. The van der Waals surface area contributed by atoms with E-state index in [0.717, 1.165) is 0 Å². The minimum Gasteiger partial charge on any atom is -0.496 e. The van der Waals surface area contributed by atoms with Gasteiger partial charge in [-0.1, -0.05) is 0 Å². The third kappa shape index (κ3) is 2.49. The SMILES string of the molecule is COc1cc(OC)c([C@@H]2C=C(C(=O)O)Nc3ncnn32)cc1OC. The highest BCUT2D eigenvalue weighted by Crippen LogP contribution is 2.40. The van der Waals surface area contributed by atoms with Gasteiger partial charge < -0.3 is 24.6 Å². The zero-order valence-corrected chi connectivity index (χ0v) is 13.3. The number of fused-ring (bicyclic) bond motifs is 1. The maximum Gasteiger partial charge on any atom is 0.352 e. The highest BCUT2D eigenvalue weighted by Gasteiger charge is 2.28. The number of nitrogens with one attached hydrogen (secondary N) is 1.